The highest BCUT2D eigenvalue weighted by Gasteiger charge is 2.42. The van der Waals surface area contributed by atoms with Crippen LogP contribution in [0.5, 0.6) is 0 Å². The molecule has 0 radical (unpaired) electrons. The van der Waals surface area contributed by atoms with Crippen molar-refractivity contribution < 1.29 is 19.1 Å². The van der Waals surface area contributed by atoms with Gasteiger partial charge in [-0.15, -0.1) is 23.5 Å². The predicted octanol–water partition coefficient (Wildman–Crippen LogP) is 14.2. The lowest BCUT2D eigenvalue weighted by Gasteiger charge is -2.22. The van der Waals surface area contributed by atoms with Gasteiger partial charge in [0.2, 0.25) is 0 Å². The van der Waals surface area contributed by atoms with Crippen molar-refractivity contribution in [2.45, 2.75) is 190 Å². The van der Waals surface area contributed by atoms with Gasteiger partial charge in [0.25, 0.3) is 0 Å². The lowest BCUT2D eigenvalue weighted by atomic mass is 9.95. The van der Waals surface area contributed by atoms with Gasteiger partial charge >= 0.3 is 11.9 Å². The van der Waals surface area contributed by atoms with Crippen LogP contribution in [0.25, 0.3) is 0 Å². The molecule has 2 aromatic rings. The van der Waals surface area contributed by atoms with Gasteiger partial charge in [-0.2, -0.15) is 0 Å². The van der Waals surface area contributed by atoms with E-state index in [0.717, 1.165) is 88.2 Å². The molecule has 4 nitrogen and oxygen atoms in total. The lowest BCUT2D eigenvalue weighted by molar-refractivity contribution is -0.156. The third-order valence-electron chi connectivity index (χ3n) is 10.8. The molecule has 50 heavy (non-hydrogen) atoms. The highest BCUT2D eigenvalue weighted by molar-refractivity contribution is 8.05. The second kappa shape index (κ2) is 21.6. The number of hydrogen-bond acceptors (Lipinski definition) is 6. The first-order valence-corrected chi connectivity index (χ1v) is 22.2. The summed E-state index contributed by atoms with van der Waals surface area (Å²) < 4.78 is 12.5. The number of benzene rings is 2. The second-order valence-corrected chi connectivity index (χ2v) is 17.1. The molecule has 278 valence electrons. The van der Waals surface area contributed by atoms with Crippen molar-refractivity contribution in [3.63, 3.8) is 0 Å². The summed E-state index contributed by atoms with van der Waals surface area (Å²) in [7, 11) is 0. The fourth-order valence-corrected chi connectivity index (χ4v) is 10.9. The molecule has 2 heterocycles. The normalized spacial score (nSPS) is 18.5. The molecule has 0 N–H and O–H groups in total. The molecule has 2 aromatic carbocycles. The molecule has 2 aliphatic rings. The third-order valence-corrected chi connectivity index (χ3v) is 13.7. The summed E-state index contributed by atoms with van der Waals surface area (Å²) in [5, 5.41) is 0.727. The maximum atomic E-state index is 13.4. The largest absolute Gasteiger partial charge is 0.457 e. The molecule has 0 amide bonds. The van der Waals surface area contributed by atoms with Crippen LogP contribution in [0.15, 0.2) is 46.2 Å². The van der Waals surface area contributed by atoms with Gasteiger partial charge in [-0.3, -0.25) is 9.59 Å². The first-order chi connectivity index (χ1) is 24.4. The fraction of sp³-hybridized carbons (Fsp3) is 0.682. The van der Waals surface area contributed by atoms with E-state index in [9.17, 15) is 9.59 Å². The molecule has 6 unspecified atom stereocenters. The molecule has 4 rings (SSSR count). The molecule has 0 spiro atoms. The Bertz CT molecular complexity index is 1240. The summed E-state index contributed by atoms with van der Waals surface area (Å²) in [6.45, 7) is 13.1. The van der Waals surface area contributed by atoms with E-state index in [1.807, 2.05) is 23.5 Å². The summed E-state index contributed by atoms with van der Waals surface area (Å²) in [6.07, 6.45) is 18.7. The third kappa shape index (κ3) is 11.0. The molecule has 0 fully saturated rings. The molecule has 0 aliphatic carbocycles. The van der Waals surface area contributed by atoms with Crippen LogP contribution in [0, 0.1) is 11.8 Å². The van der Waals surface area contributed by atoms with Crippen LogP contribution >= 0.6 is 23.5 Å². The van der Waals surface area contributed by atoms with Crippen LogP contribution < -0.4 is 0 Å². The maximum absolute atomic E-state index is 13.4. The number of ether oxygens (including phenoxy) is 2. The van der Waals surface area contributed by atoms with Gasteiger partial charge in [0.15, 0.2) is 0 Å². The molecule has 6 heteroatoms. The van der Waals surface area contributed by atoms with Gasteiger partial charge in [0, 0.05) is 9.79 Å². The van der Waals surface area contributed by atoms with E-state index in [0.29, 0.717) is 10.5 Å². The minimum absolute atomic E-state index is 0.00776. The van der Waals surface area contributed by atoms with E-state index in [1.165, 1.54) is 59.4 Å². The smallest absolute Gasteiger partial charge is 0.309 e. The van der Waals surface area contributed by atoms with Crippen LogP contribution in [0.4, 0.5) is 0 Å². The van der Waals surface area contributed by atoms with Crippen LogP contribution in [-0.4, -0.2) is 11.9 Å². The average Bonchev–Trinajstić information content (AvgIpc) is 3.67. The number of thioether (sulfide) groups is 2. The van der Waals surface area contributed by atoms with Crippen molar-refractivity contribution in [1.29, 1.82) is 0 Å². The monoisotopic (exact) mass is 722 g/mol. The SMILES string of the molecule is CCCCCCC(CCCC)C(=O)OC(CC)c1ccc2c(c1)SC1c3ccc(C(CC)OC(=O)C(CCCC)CCCCCC)cc3SC21. The van der Waals surface area contributed by atoms with Gasteiger partial charge in [0.05, 0.1) is 22.3 Å². The molecule has 0 saturated heterocycles. The average molecular weight is 723 g/mol. The Hall–Kier alpha value is -1.92. The van der Waals surface area contributed by atoms with Crippen molar-refractivity contribution in [2.24, 2.45) is 11.8 Å². The number of hydrogen-bond donors (Lipinski definition) is 0. The van der Waals surface area contributed by atoms with E-state index in [-0.39, 0.29) is 36.0 Å². The summed E-state index contributed by atoms with van der Waals surface area (Å²) in [4.78, 5) is 29.5. The highest BCUT2D eigenvalue weighted by atomic mass is 32.2. The van der Waals surface area contributed by atoms with Crippen LogP contribution in [-0.2, 0) is 19.1 Å². The zero-order valence-corrected chi connectivity index (χ0v) is 33.7. The Morgan fingerprint density at radius 1 is 0.540 bits per heavy atom. The van der Waals surface area contributed by atoms with E-state index in [2.05, 4.69) is 77.9 Å². The fourth-order valence-electron chi connectivity index (χ4n) is 7.57. The van der Waals surface area contributed by atoms with E-state index >= 15 is 0 Å². The Balaban J connectivity index is 1.40. The van der Waals surface area contributed by atoms with E-state index < -0.39 is 0 Å². The first kappa shape index (κ1) is 40.8. The Kier molecular flexibility index (Phi) is 17.6. The molecule has 0 aromatic heterocycles. The first-order valence-electron chi connectivity index (χ1n) is 20.4. The van der Waals surface area contributed by atoms with Crippen molar-refractivity contribution >= 4 is 35.5 Å². The molecular weight excluding hydrogens is 657 g/mol. The van der Waals surface area contributed by atoms with Crippen molar-refractivity contribution in [3.8, 4) is 0 Å². The van der Waals surface area contributed by atoms with Crippen molar-refractivity contribution in [3.05, 3.63) is 58.7 Å². The minimum atomic E-state index is -0.206. The van der Waals surface area contributed by atoms with Gasteiger partial charge < -0.3 is 9.47 Å². The molecule has 0 bridgehead atoms. The number of fused-ring (bicyclic) bond motifs is 5. The zero-order chi connectivity index (χ0) is 35.9. The number of carbonyl (C=O) groups is 2. The summed E-state index contributed by atoms with van der Waals surface area (Å²) in [6, 6.07) is 13.5. The van der Waals surface area contributed by atoms with Crippen molar-refractivity contribution in [2.75, 3.05) is 0 Å². The van der Waals surface area contributed by atoms with Gasteiger partial charge in [-0.25, -0.2) is 0 Å². The second-order valence-electron chi connectivity index (χ2n) is 14.7. The quantitative estimate of drug-likeness (QED) is 0.0794. The van der Waals surface area contributed by atoms with Crippen LogP contribution in [0.1, 0.15) is 202 Å². The number of esters is 2. The summed E-state index contributed by atoms with van der Waals surface area (Å²) >= 11 is 3.90. The lowest BCUT2D eigenvalue weighted by Crippen LogP contribution is -2.20. The standard InChI is InChI=1S/C44H66O4S2/c1-7-13-17-19-23-31(21-15-9-3)43(45)47-37(11-5)33-25-27-35-39(29-33)49-42-36-28-26-34(30-40(36)50-41(35)42)38(12-6)48-44(46)32(22-16-10-4)24-20-18-14-8-2/h25-32,37-38,41-42H,7-24H2,1-6H3. The number of carbonyl (C=O) groups excluding carboxylic acids is 2. The molecular formula is C44H66O4S2. The minimum Gasteiger partial charge on any atom is -0.457 e. The summed E-state index contributed by atoms with van der Waals surface area (Å²) in [5.41, 5.74) is 4.99. The Labute approximate surface area is 313 Å². The van der Waals surface area contributed by atoms with Gasteiger partial charge in [0.1, 0.15) is 12.2 Å². The van der Waals surface area contributed by atoms with E-state index in [1.54, 1.807) is 0 Å². The zero-order valence-electron chi connectivity index (χ0n) is 32.1. The molecule has 2 aliphatic heterocycles. The van der Waals surface area contributed by atoms with Crippen LogP contribution in [0.3, 0.4) is 0 Å². The predicted molar refractivity (Wildman–Crippen MR) is 212 cm³/mol. The molecule has 0 saturated carbocycles. The van der Waals surface area contributed by atoms with Gasteiger partial charge in [-0.1, -0.05) is 143 Å². The summed E-state index contributed by atoms with van der Waals surface area (Å²) in [5.74, 6) is 0.00425. The maximum Gasteiger partial charge on any atom is 0.309 e. The van der Waals surface area contributed by atoms with E-state index in [4.69, 9.17) is 9.47 Å². The molecule has 6 atom stereocenters. The Morgan fingerprint density at radius 2 is 0.920 bits per heavy atom. The number of rotatable bonds is 24. The number of unbranched alkanes of at least 4 members (excludes halogenated alkanes) is 8. The van der Waals surface area contributed by atoms with Crippen LogP contribution in [0.2, 0.25) is 0 Å². The highest BCUT2D eigenvalue weighted by Crippen LogP contribution is 2.66. The Morgan fingerprint density at radius 3 is 1.28 bits per heavy atom. The van der Waals surface area contributed by atoms with Gasteiger partial charge in [-0.05, 0) is 72.9 Å². The van der Waals surface area contributed by atoms with Crippen molar-refractivity contribution in [1.82, 2.24) is 0 Å². The topological polar surface area (TPSA) is 52.6 Å².